The first kappa shape index (κ1) is 19.7. The van der Waals surface area contributed by atoms with Gasteiger partial charge in [-0.15, -0.1) is 0 Å². The Kier molecular flexibility index (Phi) is 5.42. The summed E-state index contributed by atoms with van der Waals surface area (Å²) in [5, 5.41) is 2.78. The Hall–Kier alpha value is -2.65. The third kappa shape index (κ3) is 4.20. The highest BCUT2D eigenvalue weighted by Crippen LogP contribution is 2.24. The molecule has 0 unspecified atom stereocenters. The minimum Gasteiger partial charge on any atom is -0.467 e. The smallest absolute Gasteiger partial charge is 0.243 e. The highest BCUT2D eigenvalue weighted by Gasteiger charge is 2.34. The lowest BCUT2D eigenvalue weighted by molar-refractivity contribution is -0.128. The number of hydrogen-bond donors (Lipinski definition) is 1. The van der Waals surface area contributed by atoms with Crippen LogP contribution >= 0.6 is 0 Å². The Labute approximate surface area is 169 Å². The normalized spacial score (nSPS) is 20.3. The van der Waals surface area contributed by atoms with Crippen molar-refractivity contribution in [2.24, 2.45) is 5.92 Å². The van der Waals surface area contributed by atoms with E-state index in [2.05, 4.69) is 5.32 Å². The van der Waals surface area contributed by atoms with Crippen molar-refractivity contribution in [3.8, 4) is 0 Å². The first-order valence-corrected chi connectivity index (χ1v) is 11.1. The van der Waals surface area contributed by atoms with Gasteiger partial charge in [0.1, 0.15) is 5.76 Å². The molecular formula is C20H23N3O5S. The number of carbonyl (C=O) groups excluding carboxylic acids is 2. The fraction of sp³-hybridized carbons (Fsp3) is 0.400. The van der Waals surface area contributed by atoms with Gasteiger partial charge in [0.15, 0.2) is 0 Å². The molecule has 2 aromatic rings. The highest BCUT2D eigenvalue weighted by atomic mass is 32.2. The number of hydrogen-bond acceptors (Lipinski definition) is 5. The maximum atomic E-state index is 12.6. The third-order valence-electron chi connectivity index (χ3n) is 5.34. The summed E-state index contributed by atoms with van der Waals surface area (Å²) in [6, 6.07) is 9.72. The molecule has 2 amide bonds. The average molecular weight is 417 g/mol. The molecule has 1 N–H and O–H groups in total. The van der Waals surface area contributed by atoms with Crippen LogP contribution in [0.5, 0.6) is 0 Å². The molecule has 2 aliphatic rings. The number of benzene rings is 1. The second kappa shape index (κ2) is 8.00. The van der Waals surface area contributed by atoms with Crippen molar-refractivity contribution in [3.05, 3.63) is 48.4 Å². The Morgan fingerprint density at radius 1 is 1.14 bits per heavy atom. The predicted molar refractivity (Wildman–Crippen MR) is 105 cm³/mol. The molecule has 1 aromatic carbocycles. The van der Waals surface area contributed by atoms with E-state index in [1.807, 2.05) is 0 Å². The van der Waals surface area contributed by atoms with Gasteiger partial charge >= 0.3 is 0 Å². The van der Waals surface area contributed by atoms with Gasteiger partial charge in [-0.1, -0.05) is 0 Å². The van der Waals surface area contributed by atoms with Gasteiger partial charge in [0.05, 0.1) is 23.6 Å². The lowest BCUT2D eigenvalue weighted by Gasteiger charge is -2.16. The summed E-state index contributed by atoms with van der Waals surface area (Å²) in [6.07, 6.45) is 3.45. The van der Waals surface area contributed by atoms with Crippen molar-refractivity contribution < 1.29 is 22.4 Å². The van der Waals surface area contributed by atoms with Crippen molar-refractivity contribution in [2.75, 3.05) is 25.0 Å². The topological polar surface area (TPSA) is 99.9 Å². The van der Waals surface area contributed by atoms with Crippen LogP contribution in [0.25, 0.3) is 0 Å². The minimum absolute atomic E-state index is 0.0893. The van der Waals surface area contributed by atoms with Gasteiger partial charge in [-0.3, -0.25) is 9.59 Å². The number of sulfonamides is 1. The van der Waals surface area contributed by atoms with Crippen LogP contribution in [-0.2, 0) is 26.2 Å². The third-order valence-corrected chi connectivity index (χ3v) is 7.25. The minimum atomic E-state index is -3.48. The number of furan rings is 1. The van der Waals surface area contributed by atoms with Gasteiger partial charge in [-0.25, -0.2) is 8.42 Å². The molecule has 1 atom stereocenters. The second-order valence-corrected chi connectivity index (χ2v) is 9.32. The number of likely N-dealkylation sites (tertiary alicyclic amines) is 1. The quantitative estimate of drug-likeness (QED) is 0.775. The van der Waals surface area contributed by atoms with Crippen LogP contribution in [-0.4, -0.2) is 49.1 Å². The number of rotatable bonds is 6. The molecule has 9 heteroatoms. The van der Waals surface area contributed by atoms with E-state index >= 15 is 0 Å². The van der Waals surface area contributed by atoms with Gasteiger partial charge in [0.25, 0.3) is 0 Å². The van der Waals surface area contributed by atoms with E-state index in [9.17, 15) is 18.0 Å². The summed E-state index contributed by atoms with van der Waals surface area (Å²) < 4.78 is 31.9. The lowest BCUT2D eigenvalue weighted by atomic mass is 10.1. The fourth-order valence-corrected chi connectivity index (χ4v) is 5.24. The molecule has 29 heavy (non-hydrogen) atoms. The van der Waals surface area contributed by atoms with Crippen molar-refractivity contribution >= 4 is 27.5 Å². The number of nitrogens with zero attached hydrogens (tertiary/aromatic N) is 2. The van der Waals surface area contributed by atoms with Crippen molar-refractivity contribution in [1.82, 2.24) is 9.21 Å². The molecule has 2 saturated heterocycles. The standard InChI is InChI=1S/C20H23N3O5S/c24-19-12-15(13-22(19)14-17-4-3-11-28-17)20(25)21-16-5-7-18(8-6-16)29(26,27)23-9-1-2-10-23/h3-8,11,15H,1-2,9-10,12-14H2,(H,21,25)/t15-/m0/s1. The Morgan fingerprint density at radius 2 is 1.86 bits per heavy atom. The molecule has 0 radical (unpaired) electrons. The summed E-state index contributed by atoms with van der Waals surface area (Å²) >= 11 is 0. The number of amides is 2. The molecule has 0 aliphatic carbocycles. The van der Waals surface area contributed by atoms with Crippen molar-refractivity contribution in [1.29, 1.82) is 0 Å². The average Bonchev–Trinajstić information content (AvgIpc) is 3.46. The van der Waals surface area contributed by atoms with Crippen molar-refractivity contribution in [3.63, 3.8) is 0 Å². The molecule has 2 aliphatic heterocycles. The Morgan fingerprint density at radius 3 is 2.52 bits per heavy atom. The van der Waals surface area contributed by atoms with Crippen LogP contribution in [0.3, 0.4) is 0 Å². The molecular weight excluding hydrogens is 394 g/mol. The van der Waals surface area contributed by atoms with Gasteiger partial charge in [0, 0.05) is 31.7 Å². The van der Waals surface area contributed by atoms with Crippen molar-refractivity contribution in [2.45, 2.75) is 30.7 Å². The molecule has 0 bridgehead atoms. The van der Waals surface area contributed by atoms with Crippen LogP contribution in [0, 0.1) is 5.92 Å². The number of nitrogens with one attached hydrogen (secondary N) is 1. The molecule has 1 aromatic heterocycles. The lowest BCUT2D eigenvalue weighted by Crippen LogP contribution is -2.28. The maximum Gasteiger partial charge on any atom is 0.243 e. The molecule has 4 rings (SSSR count). The summed E-state index contributed by atoms with van der Waals surface area (Å²) in [7, 11) is -3.48. The van der Waals surface area contributed by atoms with Gasteiger partial charge in [-0.2, -0.15) is 4.31 Å². The van der Waals surface area contributed by atoms with Gasteiger partial charge in [-0.05, 0) is 49.2 Å². The van der Waals surface area contributed by atoms with Gasteiger partial charge in [0.2, 0.25) is 21.8 Å². The van der Waals surface area contributed by atoms with E-state index in [4.69, 9.17) is 4.42 Å². The highest BCUT2D eigenvalue weighted by molar-refractivity contribution is 7.89. The van der Waals surface area contributed by atoms with E-state index in [1.165, 1.54) is 16.4 Å². The Balaban J connectivity index is 1.37. The zero-order valence-electron chi connectivity index (χ0n) is 15.9. The summed E-state index contributed by atoms with van der Waals surface area (Å²) in [5.41, 5.74) is 0.507. The second-order valence-electron chi connectivity index (χ2n) is 7.38. The van der Waals surface area contributed by atoms with Crippen LogP contribution in [0.1, 0.15) is 25.0 Å². The molecule has 0 spiro atoms. The summed E-state index contributed by atoms with van der Waals surface area (Å²) in [6.45, 7) is 1.77. The van der Waals surface area contributed by atoms with Crippen LogP contribution in [0.4, 0.5) is 5.69 Å². The summed E-state index contributed by atoms with van der Waals surface area (Å²) in [4.78, 5) is 26.6. The SMILES string of the molecule is O=C(Nc1ccc(S(=O)(=O)N2CCCC2)cc1)[C@H]1CC(=O)N(Cc2ccco2)C1. The fourth-order valence-electron chi connectivity index (χ4n) is 3.72. The van der Waals surface area contributed by atoms with E-state index < -0.39 is 15.9 Å². The molecule has 3 heterocycles. The zero-order chi connectivity index (χ0) is 20.4. The molecule has 8 nitrogen and oxygen atoms in total. The number of anilines is 1. The molecule has 2 fully saturated rings. The van der Waals surface area contributed by atoms with E-state index in [0.717, 1.165) is 12.8 Å². The van der Waals surface area contributed by atoms with Gasteiger partial charge < -0.3 is 14.6 Å². The van der Waals surface area contributed by atoms with E-state index in [1.54, 1.807) is 35.4 Å². The monoisotopic (exact) mass is 417 g/mol. The molecule has 0 saturated carbocycles. The molecule has 154 valence electrons. The van der Waals surface area contributed by atoms with E-state index in [-0.39, 0.29) is 23.1 Å². The first-order valence-electron chi connectivity index (χ1n) is 9.65. The van der Waals surface area contributed by atoms with Crippen LogP contribution < -0.4 is 5.32 Å². The Bertz CT molecular complexity index is 980. The number of carbonyl (C=O) groups is 2. The maximum absolute atomic E-state index is 12.6. The van der Waals surface area contributed by atoms with Crippen LogP contribution in [0.2, 0.25) is 0 Å². The van der Waals surface area contributed by atoms with E-state index in [0.29, 0.717) is 37.6 Å². The largest absolute Gasteiger partial charge is 0.467 e. The zero-order valence-corrected chi connectivity index (χ0v) is 16.7. The predicted octanol–water partition coefficient (Wildman–Crippen LogP) is 2.05. The van der Waals surface area contributed by atoms with Crippen LogP contribution in [0.15, 0.2) is 52.0 Å². The summed E-state index contributed by atoms with van der Waals surface area (Å²) in [5.74, 6) is -0.122. The first-order chi connectivity index (χ1) is 13.9.